The number of carbonyl (C=O) groups is 3. The SMILES string of the molecule is COCCNC(=O)C(c1ccco1)N(C(=O)Cn1nnc2ccccc21)c1ccc(C(C)=O)cc1. The molecule has 0 aliphatic rings. The van der Waals surface area contributed by atoms with E-state index in [-0.39, 0.29) is 24.6 Å². The molecule has 1 atom stereocenters. The van der Waals surface area contributed by atoms with E-state index in [1.54, 1.807) is 42.5 Å². The van der Waals surface area contributed by atoms with Gasteiger partial charge in [-0.25, -0.2) is 4.68 Å². The first-order chi connectivity index (χ1) is 17.0. The zero-order chi connectivity index (χ0) is 24.8. The monoisotopic (exact) mass is 475 g/mol. The van der Waals surface area contributed by atoms with Gasteiger partial charge < -0.3 is 14.5 Å². The largest absolute Gasteiger partial charge is 0.467 e. The molecule has 2 aromatic heterocycles. The van der Waals surface area contributed by atoms with Crippen LogP contribution < -0.4 is 10.2 Å². The Balaban J connectivity index is 1.74. The van der Waals surface area contributed by atoms with Crippen LogP contribution in [0.25, 0.3) is 11.0 Å². The fraction of sp³-hybridized carbons (Fsp3) is 0.240. The number of carbonyl (C=O) groups excluding carboxylic acids is 3. The first-order valence-electron chi connectivity index (χ1n) is 11.0. The molecule has 0 aliphatic carbocycles. The fourth-order valence-corrected chi connectivity index (χ4v) is 3.73. The molecule has 0 fully saturated rings. The van der Waals surface area contributed by atoms with Gasteiger partial charge in [0.15, 0.2) is 11.8 Å². The zero-order valence-electron chi connectivity index (χ0n) is 19.4. The lowest BCUT2D eigenvalue weighted by Crippen LogP contribution is -2.45. The number of benzene rings is 2. The van der Waals surface area contributed by atoms with Crippen molar-refractivity contribution in [1.29, 1.82) is 0 Å². The van der Waals surface area contributed by atoms with Gasteiger partial charge in [0.25, 0.3) is 5.91 Å². The number of hydrogen-bond acceptors (Lipinski definition) is 7. The number of Topliss-reactive ketones (excluding diaryl/α,β-unsaturated/α-hetero) is 1. The third kappa shape index (κ3) is 5.28. The predicted octanol–water partition coefficient (Wildman–Crippen LogP) is 2.76. The van der Waals surface area contributed by atoms with Crippen molar-refractivity contribution in [2.24, 2.45) is 0 Å². The number of amides is 2. The number of aromatic nitrogens is 3. The Morgan fingerprint density at radius 1 is 1.09 bits per heavy atom. The lowest BCUT2D eigenvalue weighted by Gasteiger charge is -2.30. The lowest BCUT2D eigenvalue weighted by atomic mass is 10.1. The molecule has 0 saturated heterocycles. The van der Waals surface area contributed by atoms with Crippen LogP contribution in [0.5, 0.6) is 0 Å². The van der Waals surface area contributed by atoms with E-state index in [0.29, 0.717) is 28.9 Å². The van der Waals surface area contributed by atoms with Gasteiger partial charge in [0.05, 0.1) is 18.4 Å². The molecule has 35 heavy (non-hydrogen) atoms. The van der Waals surface area contributed by atoms with Gasteiger partial charge in [-0.15, -0.1) is 5.10 Å². The Morgan fingerprint density at radius 2 is 1.86 bits per heavy atom. The predicted molar refractivity (Wildman–Crippen MR) is 128 cm³/mol. The molecule has 1 unspecified atom stereocenters. The molecule has 180 valence electrons. The summed E-state index contributed by atoms with van der Waals surface area (Å²) in [5.41, 5.74) is 2.25. The van der Waals surface area contributed by atoms with Gasteiger partial charge in [0.2, 0.25) is 5.91 Å². The highest BCUT2D eigenvalue weighted by Crippen LogP contribution is 2.29. The molecular formula is C25H25N5O5. The molecule has 4 aromatic rings. The summed E-state index contributed by atoms with van der Waals surface area (Å²) in [6.07, 6.45) is 1.44. The van der Waals surface area contributed by atoms with E-state index in [4.69, 9.17) is 9.15 Å². The highest BCUT2D eigenvalue weighted by Gasteiger charge is 2.35. The summed E-state index contributed by atoms with van der Waals surface area (Å²) in [6, 6.07) is 16.0. The van der Waals surface area contributed by atoms with Crippen LogP contribution >= 0.6 is 0 Å². The fourth-order valence-electron chi connectivity index (χ4n) is 3.73. The van der Waals surface area contributed by atoms with Crippen molar-refractivity contribution in [1.82, 2.24) is 20.3 Å². The summed E-state index contributed by atoms with van der Waals surface area (Å²) < 4.78 is 12.1. The number of methoxy groups -OCH3 is 1. The minimum Gasteiger partial charge on any atom is -0.467 e. The Morgan fingerprint density at radius 3 is 2.54 bits per heavy atom. The molecule has 0 radical (unpaired) electrons. The van der Waals surface area contributed by atoms with Crippen molar-refractivity contribution >= 4 is 34.3 Å². The van der Waals surface area contributed by atoms with E-state index in [1.165, 1.54) is 29.9 Å². The quantitative estimate of drug-likeness (QED) is 0.277. The molecule has 4 rings (SSSR count). The standard InChI is InChI=1S/C25H25N5O5/c1-17(31)18-9-11-19(12-10-18)30(23(32)16-29-21-7-4-3-6-20(21)27-28-29)24(22-8-5-14-35-22)25(33)26-13-15-34-2/h3-12,14,24H,13,15-16H2,1-2H3,(H,26,33). The van der Waals surface area contributed by atoms with Crippen LogP contribution in [0.4, 0.5) is 5.69 Å². The number of ether oxygens (including phenoxy) is 1. The van der Waals surface area contributed by atoms with Crippen LogP contribution in [0.2, 0.25) is 0 Å². The van der Waals surface area contributed by atoms with Crippen molar-refractivity contribution in [2.75, 3.05) is 25.2 Å². The Labute approximate surface area is 201 Å². The van der Waals surface area contributed by atoms with E-state index in [0.717, 1.165) is 0 Å². The molecule has 1 N–H and O–H groups in total. The second-order valence-electron chi connectivity index (χ2n) is 7.80. The van der Waals surface area contributed by atoms with Gasteiger partial charge in [-0.3, -0.25) is 19.3 Å². The molecular weight excluding hydrogens is 450 g/mol. The highest BCUT2D eigenvalue weighted by atomic mass is 16.5. The van der Waals surface area contributed by atoms with Gasteiger partial charge >= 0.3 is 0 Å². The molecule has 0 aliphatic heterocycles. The molecule has 0 bridgehead atoms. The number of hydrogen-bond donors (Lipinski definition) is 1. The Hall–Kier alpha value is -4.31. The summed E-state index contributed by atoms with van der Waals surface area (Å²) in [4.78, 5) is 40.2. The second-order valence-corrected chi connectivity index (χ2v) is 7.80. The number of ketones is 1. The van der Waals surface area contributed by atoms with Crippen molar-refractivity contribution in [3.63, 3.8) is 0 Å². The topological polar surface area (TPSA) is 120 Å². The third-order valence-corrected chi connectivity index (χ3v) is 5.45. The summed E-state index contributed by atoms with van der Waals surface area (Å²) in [5.74, 6) is -0.681. The summed E-state index contributed by atoms with van der Waals surface area (Å²) in [7, 11) is 1.53. The maximum Gasteiger partial charge on any atom is 0.251 e. The van der Waals surface area contributed by atoms with E-state index in [2.05, 4.69) is 15.6 Å². The molecule has 2 amide bonds. The van der Waals surface area contributed by atoms with Crippen LogP contribution in [0.1, 0.15) is 29.1 Å². The molecule has 2 heterocycles. The highest BCUT2D eigenvalue weighted by molar-refractivity contribution is 6.02. The minimum atomic E-state index is -1.10. The normalized spacial score (nSPS) is 11.8. The molecule has 0 spiro atoms. The number of nitrogens with one attached hydrogen (secondary N) is 1. The number of para-hydroxylation sites is 1. The zero-order valence-corrected chi connectivity index (χ0v) is 19.4. The van der Waals surface area contributed by atoms with E-state index in [9.17, 15) is 14.4 Å². The first-order valence-corrected chi connectivity index (χ1v) is 11.0. The van der Waals surface area contributed by atoms with Crippen molar-refractivity contribution in [3.05, 3.63) is 78.3 Å². The first kappa shape index (κ1) is 23.8. The van der Waals surface area contributed by atoms with Gasteiger partial charge in [-0.05, 0) is 55.5 Å². The summed E-state index contributed by atoms with van der Waals surface area (Å²) in [6.45, 7) is 1.86. The number of rotatable bonds is 10. The van der Waals surface area contributed by atoms with Gasteiger partial charge in [-0.2, -0.15) is 0 Å². The third-order valence-electron chi connectivity index (χ3n) is 5.45. The maximum atomic E-state index is 13.8. The van der Waals surface area contributed by atoms with E-state index < -0.39 is 17.9 Å². The summed E-state index contributed by atoms with van der Waals surface area (Å²) in [5, 5.41) is 11.0. The number of furan rings is 1. The maximum absolute atomic E-state index is 13.8. The minimum absolute atomic E-state index is 0.108. The van der Waals surface area contributed by atoms with Crippen LogP contribution in [0, 0.1) is 0 Å². The molecule has 0 saturated carbocycles. The van der Waals surface area contributed by atoms with Crippen molar-refractivity contribution in [2.45, 2.75) is 19.5 Å². The summed E-state index contributed by atoms with van der Waals surface area (Å²) >= 11 is 0. The number of nitrogens with zero attached hydrogens (tertiary/aromatic N) is 4. The van der Waals surface area contributed by atoms with Gasteiger partial charge in [0, 0.05) is 24.9 Å². The average molecular weight is 476 g/mol. The number of fused-ring (bicyclic) bond motifs is 1. The molecule has 10 heteroatoms. The second kappa shape index (κ2) is 10.7. The van der Waals surface area contributed by atoms with Crippen molar-refractivity contribution in [3.8, 4) is 0 Å². The van der Waals surface area contributed by atoms with E-state index in [1.807, 2.05) is 18.2 Å². The van der Waals surface area contributed by atoms with Crippen LogP contribution in [-0.2, 0) is 20.9 Å². The van der Waals surface area contributed by atoms with Crippen LogP contribution in [0.15, 0.2) is 71.3 Å². The van der Waals surface area contributed by atoms with Crippen molar-refractivity contribution < 1.29 is 23.5 Å². The lowest BCUT2D eigenvalue weighted by molar-refractivity contribution is -0.127. The van der Waals surface area contributed by atoms with Crippen LogP contribution in [-0.4, -0.2) is 52.9 Å². The van der Waals surface area contributed by atoms with Gasteiger partial charge in [-0.1, -0.05) is 17.3 Å². The smallest absolute Gasteiger partial charge is 0.251 e. The van der Waals surface area contributed by atoms with Crippen LogP contribution in [0.3, 0.4) is 0 Å². The average Bonchev–Trinajstić information content (AvgIpc) is 3.53. The Kier molecular flexibility index (Phi) is 7.32. The molecule has 2 aromatic carbocycles. The molecule has 10 nitrogen and oxygen atoms in total. The van der Waals surface area contributed by atoms with E-state index >= 15 is 0 Å². The number of anilines is 1. The van der Waals surface area contributed by atoms with Gasteiger partial charge in [0.1, 0.15) is 17.8 Å². The Bertz CT molecular complexity index is 1310.